The van der Waals surface area contributed by atoms with Gasteiger partial charge in [0.05, 0.1) is 16.9 Å². The highest BCUT2D eigenvalue weighted by Crippen LogP contribution is 2.60. The Balaban J connectivity index is 1.41. The Hall–Kier alpha value is -1.13. The van der Waals surface area contributed by atoms with Crippen LogP contribution in [-0.2, 0) is 5.41 Å². The molecule has 0 amide bonds. The van der Waals surface area contributed by atoms with Gasteiger partial charge in [-0.25, -0.2) is 0 Å². The van der Waals surface area contributed by atoms with Crippen LogP contribution in [0.4, 0.5) is 0 Å². The molecular formula is C43H72O2S2. The Morgan fingerprint density at radius 3 is 1.21 bits per heavy atom. The Labute approximate surface area is 299 Å². The molecule has 0 saturated heterocycles. The number of fused-ring (bicyclic) bond motifs is 3. The number of hydrogen-bond acceptors (Lipinski definition) is 4. The highest BCUT2D eigenvalue weighted by atomic mass is 32.1. The van der Waals surface area contributed by atoms with E-state index in [1.807, 2.05) is 0 Å². The van der Waals surface area contributed by atoms with Gasteiger partial charge in [0.2, 0.25) is 0 Å². The van der Waals surface area contributed by atoms with E-state index in [9.17, 15) is 4.79 Å². The first kappa shape index (κ1) is 40.3. The molecule has 0 aromatic carbocycles. The van der Waals surface area contributed by atoms with Crippen molar-refractivity contribution in [3.05, 3.63) is 28.1 Å². The van der Waals surface area contributed by atoms with Crippen LogP contribution in [-0.4, -0.2) is 13.4 Å². The van der Waals surface area contributed by atoms with Crippen molar-refractivity contribution in [2.45, 2.75) is 212 Å². The summed E-state index contributed by atoms with van der Waals surface area (Å²) in [5, 5.41) is 1.02. The van der Waals surface area contributed by atoms with Crippen molar-refractivity contribution in [3.8, 4) is 14.8 Å². The minimum absolute atomic E-state index is 0.0595. The maximum absolute atomic E-state index is 11.9. The highest BCUT2D eigenvalue weighted by molar-refractivity contribution is 7.24. The van der Waals surface area contributed by atoms with Gasteiger partial charge in [-0.1, -0.05) is 205 Å². The molecule has 268 valence electrons. The number of aldehydes is 1. The van der Waals surface area contributed by atoms with Crippen LogP contribution in [0.1, 0.15) is 227 Å². The summed E-state index contributed by atoms with van der Waals surface area (Å²) < 4.78 is 5.76. The fourth-order valence-corrected chi connectivity index (χ4v) is 10.3. The van der Waals surface area contributed by atoms with E-state index in [0.717, 1.165) is 16.2 Å². The maximum atomic E-state index is 11.9. The molecule has 1 aliphatic carbocycles. The summed E-state index contributed by atoms with van der Waals surface area (Å²) in [5.74, 6) is 0. The molecule has 0 saturated carbocycles. The highest BCUT2D eigenvalue weighted by Gasteiger charge is 2.45. The third-order valence-corrected chi connectivity index (χ3v) is 13.3. The Bertz CT molecular complexity index is 1030. The van der Waals surface area contributed by atoms with E-state index < -0.39 is 0 Å². The van der Waals surface area contributed by atoms with Crippen LogP contribution in [0, 0.1) is 0 Å². The van der Waals surface area contributed by atoms with Crippen LogP contribution in [0.15, 0.2) is 12.1 Å². The zero-order valence-electron chi connectivity index (χ0n) is 31.1. The van der Waals surface area contributed by atoms with Crippen LogP contribution in [0.2, 0.25) is 0 Å². The normalized spacial score (nSPS) is 13.3. The van der Waals surface area contributed by atoms with Gasteiger partial charge in [-0.05, 0) is 36.1 Å². The minimum atomic E-state index is 0.0595. The lowest BCUT2D eigenvalue weighted by molar-refractivity contribution is 0.112. The molecule has 0 atom stereocenters. The number of unbranched alkanes of at least 4 members (excludes halogenated alkanes) is 26. The lowest BCUT2D eigenvalue weighted by Gasteiger charge is -2.31. The predicted molar refractivity (Wildman–Crippen MR) is 210 cm³/mol. The minimum Gasteiger partial charge on any atom is -0.487 e. The number of carbonyl (C=O) groups excluding carboxylic acids is 1. The van der Waals surface area contributed by atoms with E-state index in [0.29, 0.717) is 0 Å². The molecule has 1 aliphatic rings. The first-order valence-corrected chi connectivity index (χ1v) is 22.1. The Morgan fingerprint density at radius 2 is 0.851 bits per heavy atom. The molecule has 0 radical (unpaired) electrons. The fraction of sp³-hybridized carbons (Fsp3) is 0.791. The predicted octanol–water partition coefficient (Wildman–Crippen LogP) is 15.6. The summed E-state index contributed by atoms with van der Waals surface area (Å²) in [5.41, 5.74) is 3.02. The van der Waals surface area contributed by atoms with Crippen LogP contribution in [0.5, 0.6) is 5.06 Å². The van der Waals surface area contributed by atoms with E-state index in [2.05, 4.69) is 26.0 Å². The standard InChI is InChI=1S/C43H72O2S2/c1-4-6-8-10-12-14-16-18-20-22-24-26-28-30-32-43(33-31-29-27-25-23-21-19-17-15-13-11-9-7-5-2)38-34-37(36-44)46-41(38)42-39(43)35-40(45-3)47-42/h34-36H,4-33H2,1-3H3. The maximum Gasteiger partial charge on any atom is 0.174 e. The summed E-state index contributed by atoms with van der Waals surface area (Å²) in [6.07, 6.45) is 42.6. The van der Waals surface area contributed by atoms with Crippen molar-refractivity contribution in [2.75, 3.05) is 7.11 Å². The molecule has 0 fully saturated rings. The Kier molecular flexibility index (Phi) is 21.4. The van der Waals surface area contributed by atoms with Gasteiger partial charge < -0.3 is 4.74 Å². The molecule has 2 aromatic rings. The lowest BCUT2D eigenvalue weighted by Crippen LogP contribution is -2.25. The average Bonchev–Trinajstić information content (AvgIpc) is 3.77. The van der Waals surface area contributed by atoms with Crippen LogP contribution < -0.4 is 4.74 Å². The molecule has 3 rings (SSSR count). The third kappa shape index (κ3) is 14.0. The molecule has 0 spiro atoms. The summed E-state index contributed by atoms with van der Waals surface area (Å²) in [6.45, 7) is 4.60. The second-order valence-corrected chi connectivity index (χ2v) is 16.9. The van der Waals surface area contributed by atoms with Gasteiger partial charge >= 0.3 is 0 Å². The quantitative estimate of drug-likeness (QED) is 0.0566. The van der Waals surface area contributed by atoms with Gasteiger partial charge in [0.15, 0.2) is 11.3 Å². The molecule has 47 heavy (non-hydrogen) atoms. The number of thiophene rings is 2. The number of rotatable bonds is 32. The molecule has 0 N–H and O–H groups in total. The third-order valence-electron chi connectivity index (χ3n) is 10.9. The van der Waals surface area contributed by atoms with Crippen molar-refractivity contribution < 1.29 is 9.53 Å². The summed E-state index contributed by atoms with van der Waals surface area (Å²) >= 11 is 3.49. The molecule has 2 aromatic heterocycles. The van der Waals surface area contributed by atoms with Crippen molar-refractivity contribution in [3.63, 3.8) is 0 Å². The Morgan fingerprint density at radius 1 is 0.511 bits per heavy atom. The number of carbonyl (C=O) groups is 1. The van der Waals surface area contributed by atoms with Crippen molar-refractivity contribution in [1.82, 2.24) is 0 Å². The summed E-state index contributed by atoms with van der Waals surface area (Å²) in [4.78, 5) is 15.5. The van der Waals surface area contributed by atoms with Crippen molar-refractivity contribution in [1.29, 1.82) is 0 Å². The van der Waals surface area contributed by atoms with Gasteiger partial charge in [-0.3, -0.25) is 4.79 Å². The smallest absolute Gasteiger partial charge is 0.174 e. The van der Waals surface area contributed by atoms with E-state index in [-0.39, 0.29) is 5.41 Å². The van der Waals surface area contributed by atoms with Crippen molar-refractivity contribution >= 4 is 29.0 Å². The number of methoxy groups -OCH3 is 1. The first-order chi connectivity index (χ1) is 23.2. The summed E-state index contributed by atoms with van der Waals surface area (Å²) in [7, 11) is 1.80. The largest absolute Gasteiger partial charge is 0.487 e. The second-order valence-electron chi connectivity index (χ2n) is 14.8. The monoisotopic (exact) mass is 684 g/mol. The zero-order chi connectivity index (χ0) is 33.4. The topological polar surface area (TPSA) is 26.3 Å². The van der Waals surface area contributed by atoms with Gasteiger partial charge in [-0.15, -0.1) is 11.3 Å². The molecule has 4 heteroatoms. The number of hydrogen-bond donors (Lipinski definition) is 0. The van der Waals surface area contributed by atoms with E-state index in [1.165, 1.54) is 214 Å². The van der Waals surface area contributed by atoms with Crippen LogP contribution in [0.3, 0.4) is 0 Å². The number of ether oxygens (including phenoxy) is 1. The van der Waals surface area contributed by atoms with Gasteiger partial charge in [0.25, 0.3) is 0 Å². The second kappa shape index (κ2) is 24.9. The molecule has 2 heterocycles. The van der Waals surface area contributed by atoms with Gasteiger partial charge in [-0.2, -0.15) is 0 Å². The van der Waals surface area contributed by atoms with E-state index >= 15 is 0 Å². The summed E-state index contributed by atoms with van der Waals surface area (Å²) in [6, 6.07) is 4.60. The first-order valence-electron chi connectivity index (χ1n) is 20.5. The molecule has 2 nitrogen and oxygen atoms in total. The van der Waals surface area contributed by atoms with Crippen molar-refractivity contribution in [2.24, 2.45) is 0 Å². The zero-order valence-corrected chi connectivity index (χ0v) is 32.7. The van der Waals surface area contributed by atoms with Gasteiger partial charge in [0, 0.05) is 10.3 Å². The lowest BCUT2D eigenvalue weighted by atomic mass is 9.71. The molecule has 0 unspecified atom stereocenters. The SMILES string of the molecule is CCCCCCCCCCCCCCCCC1(CCCCCCCCCCCCCCCC)c2cc(C=O)sc2-c2sc(OC)cc21. The molecular weight excluding hydrogens is 613 g/mol. The fourth-order valence-electron chi connectivity index (χ4n) is 8.04. The molecule has 0 bridgehead atoms. The van der Waals surface area contributed by atoms with E-state index in [1.54, 1.807) is 29.8 Å². The van der Waals surface area contributed by atoms with Crippen LogP contribution >= 0.6 is 22.7 Å². The van der Waals surface area contributed by atoms with Gasteiger partial charge in [0.1, 0.15) is 0 Å². The average molecular weight is 685 g/mol. The van der Waals surface area contributed by atoms with E-state index in [4.69, 9.17) is 4.74 Å². The molecule has 0 aliphatic heterocycles. The van der Waals surface area contributed by atoms with Crippen LogP contribution in [0.25, 0.3) is 9.75 Å².